The lowest BCUT2D eigenvalue weighted by Gasteiger charge is -2.23. The molecule has 0 saturated heterocycles. The van der Waals surface area contributed by atoms with Crippen LogP contribution in [0.3, 0.4) is 0 Å². The average molecular weight is 323 g/mol. The van der Waals surface area contributed by atoms with Crippen LogP contribution in [0.5, 0.6) is 0 Å². The first-order chi connectivity index (χ1) is 11.6. The van der Waals surface area contributed by atoms with E-state index in [4.69, 9.17) is 10.5 Å². The minimum atomic E-state index is -0.693. The van der Waals surface area contributed by atoms with Gasteiger partial charge in [0.05, 0.1) is 11.7 Å². The number of hydrogen-bond acceptors (Lipinski definition) is 5. The summed E-state index contributed by atoms with van der Waals surface area (Å²) in [5.74, 6) is -1.31. The Kier molecular flexibility index (Phi) is 4.56. The third kappa shape index (κ3) is 3.43. The van der Waals surface area contributed by atoms with Crippen molar-refractivity contribution in [2.75, 3.05) is 11.6 Å². The predicted molar refractivity (Wildman–Crippen MR) is 90.3 cm³/mol. The van der Waals surface area contributed by atoms with Crippen LogP contribution >= 0.6 is 0 Å². The smallest absolute Gasteiger partial charge is 0.355 e. The molecule has 0 radical (unpaired) electrons. The summed E-state index contributed by atoms with van der Waals surface area (Å²) in [6, 6.07) is 19.3. The Bertz CT molecular complexity index is 760. The number of esters is 1. The topological polar surface area (TPSA) is 85.0 Å². The van der Waals surface area contributed by atoms with Crippen molar-refractivity contribution in [2.45, 2.75) is 12.5 Å². The highest BCUT2D eigenvalue weighted by atomic mass is 16.5. The number of hydrazone groups is 1. The Labute approximate surface area is 139 Å². The molecule has 122 valence electrons. The Balaban J connectivity index is 1.88. The quantitative estimate of drug-likeness (QED) is 0.853. The molecule has 0 spiro atoms. The number of carbonyl (C=O) groups excluding carboxylic acids is 2. The first-order valence-electron chi connectivity index (χ1n) is 7.57. The number of rotatable bonds is 5. The molecule has 0 saturated carbocycles. The molecular formula is C18H17N3O3. The number of nitrogens with zero attached hydrogens (tertiary/aromatic N) is 2. The molecule has 1 amide bonds. The zero-order valence-corrected chi connectivity index (χ0v) is 13.0. The number of amides is 1. The maximum atomic E-state index is 12.1. The minimum absolute atomic E-state index is 0.107. The number of primary amides is 1. The summed E-state index contributed by atoms with van der Waals surface area (Å²) in [5.41, 5.74) is 7.20. The molecule has 1 aliphatic rings. The van der Waals surface area contributed by atoms with Crippen molar-refractivity contribution in [2.24, 2.45) is 10.8 Å². The second-order valence-electron chi connectivity index (χ2n) is 5.40. The fourth-order valence-electron chi connectivity index (χ4n) is 2.61. The number of hydrogen-bond donors (Lipinski definition) is 1. The molecular weight excluding hydrogens is 306 g/mol. The Hall–Kier alpha value is -3.15. The summed E-state index contributed by atoms with van der Waals surface area (Å²) in [6.45, 7) is -0.445. The second kappa shape index (κ2) is 6.95. The number of ether oxygens (including phenoxy) is 1. The van der Waals surface area contributed by atoms with E-state index < -0.39 is 18.5 Å². The van der Waals surface area contributed by atoms with Gasteiger partial charge in [-0.3, -0.25) is 9.80 Å². The molecule has 1 heterocycles. The van der Waals surface area contributed by atoms with Crippen LogP contribution in [0.2, 0.25) is 0 Å². The third-order valence-electron chi connectivity index (χ3n) is 3.70. The van der Waals surface area contributed by atoms with Crippen molar-refractivity contribution in [3.05, 3.63) is 66.2 Å². The highest BCUT2D eigenvalue weighted by molar-refractivity contribution is 6.37. The van der Waals surface area contributed by atoms with Gasteiger partial charge in [0, 0.05) is 6.42 Å². The highest BCUT2D eigenvalue weighted by Crippen LogP contribution is 2.35. The van der Waals surface area contributed by atoms with Gasteiger partial charge in [-0.2, -0.15) is 5.10 Å². The van der Waals surface area contributed by atoms with Gasteiger partial charge < -0.3 is 10.5 Å². The van der Waals surface area contributed by atoms with Gasteiger partial charge in [0.25, 0.3) is 5.91 Å². The lowest BCUT2D eigenvalue weighted by molar-refractivity contribution is -0.141. The van der Waals surface area contributed by atoms with E-state index in [1.54, 1.807) is 5.01 Å². The summed E-state index contributed by atoms with van der Waals surface area (Å²) < 4.78 is 4.88. The number of carbonyl (C=O) groups is 2. The molecule has 24 heavy (non-hydrogen) atoms. The molecule has 0 aromatic heterocycles. The summed E-state index contributed by atoms with van der Waals surface area (Å²) in [4.78, 5) is 22.9. The van der Waals surface area contributed by atoms with Crippen LogP contribution < -0.4 is 10.7 Å². The van der Waals surface area contributed by atoms with Crippen LogP contribution in [-0.2, 0) is 14.3 Å². The van der Waals surface area contributed by atoms with Gasteiger partial charge in [0.15, 0.2) is 6.61 Å². The average Bonchev–Trinajstić information content (AvgIpc) is 3.06. The van der Waals surface area contributed by atoms with Crippen molar-refractivity contribution in [3.8, 4) is 0 Å². The fourth-order valence-corrected chi connectivity index (χ4v) is 2.61. The normalized spacial score (nSPS) is 16.6. The lowest BCUT2D eigenvalue weighted by atomic mass is 10.0. The number of nitrogens with two attached hydrogens (primary N) is 1. The van der Waals surface area contributed by atoms with Crippen LogP contribution in [0.4, 0.5) is 5.69 Å². The summed E-state index contributed by atoms with van der Waals surface area (Å²) >= 11 is 0. The van der Waals surface area contributed by atoms with Gasteiger partial charge in [0.1, 0.15) is 5.71 Å². The van der Waals surface area contributed by atoms with Gasteiger partial charge in [-0.1, -0.05) is 48.5 Å². The van der Waals surface area contributed by atoms with E-state index in [2.05, 4.69) is 5.10 Å². The lowest BCUT2D eigenvalue weighted by Crippen LogP contribution is -2.24. The SMILES string of the molecule is NC(=O)COC(=O)C1=NN(c2ccccc2)[C@H](c2ccccc2)C1. The monoisotopic (exact) mass is 323 g/mol. The summed E-state index contributed by atoms with van der Waals surface area (Å²) in [5, 5.41) is 6.22. The van der Waals surface area contributed by atoms with E-state index in [0.717, 1.165) is 11.3 Å². The Morgan fingerprint density at radius 2 is 1.71 bits per heavy atom. The van der Waals surface area contributed by atoms with Gasteiger partial charge >= 0.3 is 5.97 Å². The largest absolute Gasteiger partial charge is 0.451 e. The molecule has 3 rings (SSSR count). The Morgan fingerprint density at radius 3 is 2.33 bits per heavy atom. The van der Waals surface area contributed by atoms with Crippen molar-refractivity contribution in [1.82, 2.24) is 0 Å². The van der Waals surface area contributed by atoms with Crippen molar-refractivity contribution in [3.63, 3.8) is 0 Å². The minimum Gasteiger partial charge on any atom is -0.451 e. The second-order valence-corrected chi connectivity index (χ2v) is 5.40. The first-order valence-corrected chi connectivity index (χ1v) is 7.57. The van der Waals surface area contributed by atoms with Crippen molar-refractivity contribution >= 4 is 23.3 Å². The molecule has 6 heteroatoms. The van der Waals surface area contributed by atoms with Gasteiger partial charge in [-0.25, -0.2) is 4.79 Å². The van der Waals surface area contributed by atoms with E-state index in [1.165, 1.54) is 0 Å². The van der Waals surface area contributed by atoms with Gasteiger partial charge in [0.2, 0.25) is 0 Å². The van der Waals surface area contributed by atoms with Gasteiger partial charge in [-0.05, 0) is 17.7 Å². The van der Waals surface area contributed by atoms with Crippen LogP contribution in [0.15, 0.2) is 65.8 Å². The molecule has 0 aliphatic carbocycles. The molecule has 6 nitrogen and oxygen atoms in total. The summed E-state index contributed by atoms with van der Waals surface area (Å²) in [6.07, 6.45) is 0.399. The van der Waals surface area contributed by atoms with Gasteiger partial charge in [-0.15, -0.1) is 0 Å². The zero-order valence-electron chi connectivity index (χ0n) is 13.0. The molecule has 0 bridgehead atoms. The number of para-hydroxylation sites is 1. The summed E-state index contributed by atoms with van der Waals surface area (Å²) in [7, 11) is 0. The van der Waals surface area contributed by atoms with E-state index >= 15 is 0 Å². The number of benzene rings is 2. The van der Waals surface area contributed by atoms with E-state index in [1.807, 2.05) is 60.7 Å². The van der Waals surface area contributed by atoms with Crippen LogP contribution in [0, 0.1) is 0 Å². The van der Waals surface area contributed by atoms with Crippen LogP contribution in [0.25, 0.3) is 0 Å². The highest BCUT2D eigenvalue weighted by Gasteiger charge is 2.33. The Morgan fingerprint density at radius 1 is 1.08 bits per heavy atom. The molecule has 0 fully saturated rings. The molecule has 2 N–H and O–H groups in total. The standard InChI is InChI=1S/C18H17N3O3/c19-17(22)12-24-18(23)15-11-16(13-7-3-1-4-8-13)21(20-15)14-9-5-2-6-10-14/h1-10,16H,11-12H2,(H2,19,22)/t16-/m0/s1. The van der Waals surface area contributed by atoms with E-state index in [-0.39, 0.29) is 11.8 Å². The molecule has 2 aromatic rings. The van der Waals surface area contributed by atoms with E-state index in [9.17, 15) is 9.59 Å². The molecule has 1 atom stereocenters. The third-order valence-corrected chi connectivity index (χ3v) is 3.70. The van der Waals surface area contributed by atoms with Crippen LogP contribution in [0.1, 0.15) is 18.0 Å². The first kappa shape index (κ1) is 15.7. The molecule has 1 aliphatic heterocycles. The molecule has 0 unspecified atom stereocenters. The maximum Gasteiger partial charge on any atom is 0.355 e. The maximum absolute atomic E-state index is 12.1. The zero-order chi connectivity index (χ0) is 16.9. The van der Waals surface area contributed by atoms with Crippen molar-refractivity contribution in [1.29, 1.82) is 0 Å². The van der Waals surface area contributed by atoms with Crippen LogP contribution in [-0.4, -0.2) is 24.2 Å². The van der Waals surface area contributed by atoms with E-state index in [0.29, 0.717) is 6.42 Å². The fraction of sp³-hybridized carbons (Fsp3) is 0.167. The molecule has 2 aromatic carbocycles. The van der Waals surface area contributed by atoms with Crippen molar-refractivity contribution < 1.29 is 14.3 Å². The predicted octanol–water partition coefficient (Wildman–Crippen LogP) is 2.02. The number of anilines is 1.